The zero-order valence-corrected chi connectivity index (χ0v) is 18.4. The number of anilines is 2. The van der Waals surface area contributed by atoms with Crippen molar-refractivity contribution in [2.75, 3.05) is 17.6 Å². The van der Waals surface area contributed by atoms with Gasteiger partial charge in [0.1, 0.15) is 11.6 Å². The quantitative estimate of drug-likeness (QED) is 0.313. The van der Waals surface area contributed by atoms with Crippen LogP contribution in [-0.4, -0.2) is 55.3 Å². The Morgan fingerprint density at radius 1 is 1.00 bits per heavy atom. The number of aromatic amines is 1. The van der Waals surface area contributed by atoms with Gasteiger partial charge in [0.25, 0.3) is 5.97 Å². The normalized spacial score (nSPS) is 9.42. The Bertz CT molecular complexity index is 1060. The van der Waals surface area contributed by atoms with Gasteiger partial charge in [-0.25, -0.2) is 15.0 Å². The second-order valence-corrected chi connectivity index (χ2v) is 6.38. The van der Waals surface area contributed by atoms with Crippen molar-refractivity contribution >= 4 is 46.4 Å². The number of imidazole rings is 1. The summed E-state index contributed by atoms with van der Waals surface area (Å²) < 4.78 is 0. The molecule has 0 atom stereocenters. The molecule has 3 rings (SSSR count). The molecule has 7 N–H and O–H groups in total. The number of aromatic nitrogens is 4. The molecule has 0 unspecified atom stereocenters. The summed E-state index contributed by atoms with van der Waals surface area (Å²) in [6.07, 6.45) is 3.21. The lowest BCUT2D eigenvalue weighted by Gasteiger charge is -2.06. The Balaban J connectivity index is 0.000000285. The molecule has 0 aliphatic rings. The number of nitrogen functional groups attached to an aromatic ring is 1. The highest BCUT2D eigenvalue weighted by Gasteiger charge is 2.05. The number of pyridine rings is 2. The first-order valence-corrected chi connectivity index (χ1v) is 9.56. The molecule has 3 heterocycles. The van der Waals surface area contributed by atoms with E-state index in [1.54, 1.807) is 18.3 Å². The second-order valence-electron chi connectivity index (χ2n) is 6.38. The fourth-order valence-corrected chi connectivity index (χ4v) is 2.11. The van der Waals surface area contributed by atoms with Crippen LogP contribution in [0.5, 0.6) is 0 Å². The minimum absolute atomic E-state index is 0.0709. The van der Waals surface area contributed by atoms with E-state index in [0.717, 1.165) is 12.4 Å². The predicted molar refractivity (Wildman–Crippen MR) is 121 cm³/mol. The highest BCUT2D eigenvalue weighted by Crippen LogP contribution is 2.12. The van der Waals surface area contributed by atoms with Crippen LogP contribution in [-0.2, 0) is 25.7 Å². The number of nitrogens with two attached hydrogens (primary N) is 1. The third kappa shape index (κ3) is 11.4. The van der Waals surface area contributed by atoms with Gasteiger partial charge >= 0.3 is 0 Å². The fraction of sp³-hybridized carbons (Fsp3) is 0.250. The Morgan fingerprint density at radius 3 is 2.18 bits per heavy atom. The molecule has 176 valence electrons. The standard InChI is InChI=1S/C9H12N4O2.C9H10N4O.C2H4O2/c1-6(14)12-5-8(15)13-7-3-2-4-11-9(7)10;1-6(14)11-5-8-12-7-3-2-4-10-9(7)13-8;1-2(3)4/h2-4H,5H2,1H3,(H2,10,11)(H,12,14)(H,13,15);2-4H,5H2,1H3,(H,11,14)(H,10,12,13);1H3,(H,3,4). The van der Waals surface area contributed by atoms with E-state index in [9.17, 15) is 14.4 Å². The largest absolute Gasteiger partial charge is 0.481 e. The van der Waals surface area contributed by atoms with Crippen molar-refractivity contribution in [2.45, 2.75) is 27.3 Å². The molecule has 0 saturated carbocycles. The number of carbonyl (C=O) groups is 4. The zero-order valence-electron chi connectivity index (χ0n) is 18.4. The number of hydrogen-bond donors (Lipinski definition) is 6. The number of carboxylic acid groups (broad SMARTS) is 1. The first-order chi connectivity index (χ1) is 15.6. The average molecular weight is 458 g/mol. The lowest BCUT2D eigenvalue weighted by molar-refractivity contribution is -0.134. The summed E-state index contributed by atoms with van der Waals surface area (Å²) in [5.41, 5.74) is 7.51. The maximum Gasteiger partial charge on any atom is 0.300 e. The van der Waals surface area contributed by atoms with Gasteiger partial charge in [-0.2, -0.15) is 0 Å². The van der Waals surface area contributed by atoms with Gasteiger partial charge in [0, 0.05) is 33.2 Å². The van der Waals surface area contributed by atoms with E-state index in [0.29, 0.717) is 23.7 Å². The minimum Gasteiger partial charge on any atom is -0.481 e. The zero-order chi connectivity index (χ0) is 24.8. The number of H-pyrrole nitrogens is 1. The Hall–Kier alpha value is -4.55. The molecule has 0 saturated heterocycles. The number of aliphatic carboxylic acids is 1. The summed E-state index contributed by atoms with van der Waals surface area (Å²) in [6.45, 7) is 4.22. The maximum absolute atomic E-state index is 11.3. The van der Waals surface area contributed by atoms with Crippen molar-refractivity contribution in [3.05, 3.63) is 42.5 Å². The van der Waals surface area contributed by atoms with Crippen LogP contribution in [0.3, 0.4) is 0 Å². The number of carbonyl (C=O) groups excluding carboxylic acids is 3. The molecule has 3 amide bonds. The van der Waals surface area contributed by atoms with Gasteiger partial charge in [-0.3, -0.25) is 19.2 Å². The molecule has 13 nitrogen and oxygen atoms in total. The van der Waals surface area contributed by atoms with Gasteiger partial charge in [-0.1, -0.05) is 0 Å². The third-order valence-electron chi connectivity index (χ3n) is 3.42. The molecular formula is C20H26N8O5. The summed E-state index contributed by atoms with van der Waals surface area (Å²) in [7, 11) is 0. The van der Waals surface area contributed by atoms with Gasteiger partial charge in [-0.15, -0.1) is 0 Å². The second kappa shape index (κ2) is 13.7. The SMILES string of the molecule is CC(=O)NCC(=O)Nc1cccnc1N.CC(=O)NCc1nc2ncccc2[nH]1.CC(=O)O. The van der Waals surface area contributed by atoms with E-state index in [1.807, 2.05) is 12.1 Å². The maximum atomic E-state index is 11.3. The van der Waals surface area contributed by atoms with Crippen molar-refractivity contribution < 1.29 is 24.3 Å². The lowest BCUT2D eigenvalue weighted by Crippen LogP contribution is -2.31. The number of hydrogen-bond acceptors (Lipinski definition) is 8. The first-order valence-electron chi connectivity index (χ1n) is 9.56. The van der Waals surface area contributed by atoms with Crippen molar-refractivity contribution in [1.82, 2.24) is 30.6 Å². The Kier molecular flexibility index (Phi) is 11.0. The van der Waals surface area contributed by atoms with Crippen molar-refractivity contribution in [3.63, 3.8) is 0 Å². The van der Waals surface area contributed by atoms with Crippen molar-refractivity contribution in [1.29, 1.82) is 0 Å². The van der Waals surface area contributed by atoms with Crippen LogP contribution in [0.15, 0.2) is 36.7 Å². The van der Waals surface area contributed by atoms with Gasteiger partial charge < -0.3 is 31.8 Å². The van der Waals surface area contributed by atoms with Crippen molar-refractivity contribution in [2.24, 2.45) is 0 Å². The molecular weight excluding hydrogens is 432 g/mol. The smallest absolute Gasteiger partial charge is 0.300 e. The number of carboxylic acids is 1. The van der Waals surface area contributed by atoms with E-state index in [1.165, 1.54) is 20.0 Å². The Labute approximate surface area is 189 Å². The van der Waals surface area contributed by atoms with Crippen LogP contribution in [0.25, 0.3) is 11.2 Å². The molecule has 33 heavy (non-hydrogen) atoms. The molecule has 0 aliphatic heterocycles. The number of amides is 3. The van der Waals surface area contributed by atoms with Crippen LogP contribution < -0.4 is 21.7 Å². The van der Waals surface area contributed by atoms with Gasteiger partial charge in [0.2, 0.25) is 17.7 Å². The van der Waals surface area contributed by atoms with Crippen LogP contribution in [0, 0.1) is 0 Å². The van der Waals surface area contributed by atoms with E-state index < -0.39 is 5.97 Å². The average Bonchev–Trinajstić information content (AvgIpc) is 3.16. The fourth-order valence-electron chi connectivity index (χ4n) is 2.11. The lowest BCUT2D eigenvalue weighted by atomic mass is 10.4. The summed E-state index contributed by atoms with van der Waals surface area (Å²) in [4.78, 5) is 56.6. The first kappa shape index (κ1) is 26.5. The van der Waals surface area contributed by atoms with Crippen molar-refractivity contribution in [3.8, 4) is 0 Å². The highest BCUT2D eigenvalue weighted by molar-refractivity contribution is 5.96. The van der Waals surface area contributed by atoms with Gasteiger partial charge in [-0.05, 0) is 24.3 Å². The number of nitrogens with zero attached hydrogens (tertiary/aromatic N) is 3. The van der Waals surface area contributed by atoms with Crippen LogP contribution in [0.1, 0.15) is 26.6 Å². The molecule has 0 aliphatic carbocycles. The molecule has 0 aromatic carbocycles. The molecule has 13 heteroatoms. The highest BCUT2D eigenvalue weighted by atomic mass is 16.4. The molecule has 3 aromatic rings. The molecule has 0 fully saturated rings. The molecule has 3 aromatic heterocycles. The van der Waals surface area contributed by atoms with E-state index in [4.69, 9.17) is 15.6 Å². The number of nitrogens with one attached hydrogen (secondary N) is 4. The van der Waals surface area contributed by atoms with E-state index >= 15 is 0 Å². The van der Waals surface area contributed by atoms with Gasteiger partial charge in [0.15, 0.2) is 5.65 Å². The predicted octanol–water partition coefficient (Wildman–Crippen LogP) is 0.423. The van der Waals surface area contributed by atoms with E-state index in [-0.39, 0.29) is 30.1 Å². The number of fused-ring (bicyclic) bond motifs is 1. The molecule has 0 bridgehead atoms. The number of rotatable bonds is 5. The summed E-state index contributed by atoms with van der Waals surface area (Å²) in [5.74, 6) is -0.546. The van der Waals surface area contributed by atoms with Crippen LogP contribution >= 0.6 is 0 Å². The third-order valence-corrected chi connectivity index (χ3v) is 3.42. The van der Waals surface area contributed by atoms with Crippen LogP contribution in [0.2, 0.25) is 0 Å². The minimum atomic E-state index is -0.833. The van der Waals surface area contributed by atoms with E-state index in [2.05, 4.69) is 35.9 Å². The topological polar surface area (TPSA) is 205 Å². The summed E-state index contributed by atoms with van der Waals surface area (Å²) >= 11 is 0. The van der Waals surface area contributed by atoms with Gasteiger partial charge in [0.05, 0.1) is 24.3 Å². The summed E-state index contributed by atoms with van der Waals surface area (Å²) in [5, 5.41) is 15.0. The Morgan fingerprint density at radius 2 is 1.61 bits per heavy atom. The summed E-state index contributed by atoms with van der Waals surface area (Å²) in [6, 6.07) is 7.02. The van der Waals surface area contributed by atoms with Crippen LogP contribution in [0.4, 0.5) is 11.5 Å². The monoisotopic (exact) mass is 458 g/mol. The molecule has 0 spiro atoms. The molecule has 0 radical (unpaired) electrons.